The first-order chi connectivity index (χ1) is 6.79. The molecule has 0 N–H and O–H groups in total. The summed E-state index contributed by atoms with van der Waals surface area (Å²) in [7, 11) is 0. The molecular formula is C10H10N2O2. The summed E-state index contributed by atoms with van der Waals surface area (Å²) in [6, 6.07) is 8.50. The van der Waals surface area contributed by atoms with E-state index in [2.05, 4.69) is 11.9 Å². The average molecular weight is 190 g/mol. The molecule has 4 nitrogen and oxygen atoms in total. The molecule has 0 atom stereocenters. The van der Waals surface area contributed by atoms with Gasteiger partial charge in [0.25, 0.3) is 5.91 Å². The molecule has 1 rings (SSSR count). The smallest absolute Gasteiger partial charge is 0.267 e. The van der Waals surface area contributed by atoms with Crippen LogP contribution in [0.1, 0.15) is 10.4 Å². The Labute approximate surface area is 81.8 Å². The minimum atomic E-state index is -0.416. The van der Waals surface area contributed by atoms with E-state index in [0.29, 0.717) is 5.56 Å². The first-order valence-corrected chi connectivity index (χ1v) is 4.10. The van der Waals surface area contributed by atoms with E-state index in [1.54, 1.807) is 30.3 Å². The molecule has 72 valence electrons. The summed E-state index contributed by atoms with van der Waals surface area (Å²) < 4.78 is 0. The van der Waals surface area contributed by atoms with Crippen LogP contribution in [0.5, 0.6) is 0 Å². The van der Waals surface area contributed by atoms with Gasteiger partial charge in [-0.2, -0.15) is 5.01 Å². The highest BCUT2D eigenvalue weighted by atomic mass is 16.3. The predicted octanol–water partition coefficient (Wildman–Crippen LogP) is 2.00. The van der Waals surface area contributed by atoms with E-state index in [9.17, 15) is 9.70 Å². The van der Waals surface area contributed by atoms with Crippen LogP contribution in [0, 0.1) is 4.91 Å². The first-order valence-electron chi connectivity index (χ1n) is 4.10. The second-order valence-electron chi connectivity index (χ2n) is 2.62. The van der Waals surface area contributed by atoms with Crippen LogP contribution >= 0.6 is 0 Å². The molecule has 14 heavy (non-hydrogen) atoms. The zero-order valence-electron chi connectivity index (χ0n) is 7.59. The van der Waals surface area contributed by atoms with Crippen molar-refractivity contribution >= 4 is 5.91 Å². The third kappa shape index (κ3) is 2.26. The fourth-order valence-corrected chi connectivity index (χ4v) is 1.01. The minimum Gasteiger partial charge on any atom is -0.267 e. The number of hydrogen-bond acceptors (Lipinski definition) is 3. The molecule has 0 aliphatic carbocycles. The standard InChI is InChI=1S/C10H10N2O2/c1-2-8-12(11-14)10(13)9-6-4-3-5-7-9/h2-7H,1,8H2. The summed E-state index contributed by atoms with van der Waals surface area (Å²) in [4.78, 5) is 21.9. The number of nitroso groups, excluding NO2 is 1. The van der Waals surface area contributed by atoms with Crippen molar-refractivity contribution in [3.8, 4) is 0 Å². The van der Waals surface area contributed by atoms with Crippen LogP contribution in [-0.4, -0.2) is 17.5 Å². The van der Waals surface area contributed by atoms with Gasteiger partial charge in [0.05, 0.1) is 11.8 Å². The highest BCUT2D eigenvalue weighted by Crippen LogP contribution is 2.04. The van der Waals surface area contributed by atoms with Gasteiger partial charge in [-0.15, -0.1) is 11.5 Å². The summed E-state index contributed by atoms with van der Waals surface area (Å²) in [6.45, 7) is 3.55. The number of rotatable bonds is 4. The quantitative estimate of drug-likeness (QED) is 0.414. The SMILES string of the molecule is C=CCN(N=O)C(=O)c1ccccc1. The van der Waals surface area contributed by atoms with Gasteiger partial charge in [-0.1, -0.05) is 24.3 Å². The maximum absolute atomic E-state index is 11.6. The maximum Gasteiger partial charge on any atom is 0.276 e. The van der Waals surface area contributed by atoms with E-state index in [1.165, 1.54) is 6.08 Å². The Kier molecular flexibility index (Phi) is 3.55. The normalized spacial score (nSPS) is 9.14. The van der Waals surface area contributed by atoms with Crippen LogP contribution in [-0.2, 0) is 0 Å². The Morgan fingerprint density at radius 3 is 2.57 bits per heavy atom. The second kappa shape index (κ2) is 4.91. The first kappa shape index (κ1) is 10.1. The van der Waals surface area contributed by atoms with Gasteiger partial charge in [-0.3, -0.25) is 4.79 Å². The highest BCUT2D eigenvalue weighted by Gasteiger charge is 2.13. The summed E-state index contributed by atoms with van der Waals surface area (Å²) in [5.74, 6) is -0.416. The lowest BCUT2D eigenvalue weighted by atomic mass is 10.2. The number of nitrogens with zero attached hydrogens (tertiary/aromatic N) is 2. The molecular weight excluding hydrogens is 180 g/mol. The van der Waals surface area contributed by atoms with Gasteiger partial charge in [-0.05, 0) is 12.1 Å². The van der Waals surface area contributed by atoms with E-state index >= 15 is 0 Å². The third-order valence-corrected chi connectivity index (χ3v) is 1.66. The lowest BCUT2D eigenvalue weighted by Gasteiger charge is -2.10. The Balaban J connectivity index is 2.83. The van der Waals surface area contributed by atoms with Crippen LogP contribution in [0.3, 0.4) is 0 Å². The predicted molar refractivity (Wildman–Crippen MR) is 53.5 cm³/mol. The molecule has 0 aromatic heterocycles. The molecule has 0 saturated heterocycles. The van der Waals surface area contributed by atoms with E-state index in [4.69, 9.17) is 0 Å². The van der Waals surface area contributed by atoms with Gasteiger partial charge < -0.3 is 0 Å². The zero-order valence-corrected chi connectivity index (χ0v) is 7.59. The number of carbonyl (C=O) groups is 1. The highest BCUT2D eigenvalue weighted by molar-refractivity contribution is 5.93. The fraction of sp³-hybridized carbons (Fsp3) is 0.100. The van der Waals surface area contributed by atoms with Gasteiger partial charge in [0.15, 0.2) is 0 Å². The molecule has 1 aromatic carbocycles. The minimum absolute atomic E-state index is 0.122. The van der Waals surface area contributed by atoms with Gasteiger partial charge in [0.1, 0.15) is 0 Å². The molecule has 1 aromatic rings. The molecule has 0 heterocycles. The summed E-state index contributed by atoms with van der Waals surface area (Å²) >= 11 is 0. The molecule has 0 radical (unpaired) electrons. The van der Waals surface area contributed by atoms with Crippen molar-refractivity contribution in [2.45, 2.75) is 0 Å². The van der Waals surface area contributed by atoms with Crippen molar-refractivity contribution in [1.82, 2.24) is 5.01 Å². The molecule has 0 bridgehead atoms. The van der Waals surface area contributed by atoms with Crippen LogP contribution < -0.4 is 0 Å². The molecule has 4 heteroatoms. The lowest BCUT2D eigenvalue weighted by Crippen LogP contribution is -2.25. The Morgan fingerprint density at radius 1 is 1.43 bits per heavy atom. The molecule has 0 saturated carbocycles. The van der Waals surface area contributed by atoms with Crippen molar-refractivity contribution in [2.75, 3.05) is 6.54 Å². The van der Waals surface area contributed by atoms with Crippen LogP contribution in [0.25, 0.3) is 0 Å². The van der Waals surface area contributed by atoms with Crippen molar-refractivity contribution in [3.05, 3.63) is 53.5 Å². The third-order valence-electron chi connectivity index (χ3n) is 1.66. The van der Waals surface area contributed by atoms with E-state index < -0.39 is 5.91 Å². The number of amides is 1. The molecule has 0 fully saturated rings. The monoisotopic (exact) mass is 190 g/mol. The van der Waals surface area contributed by atoms with E-state index in [1.807, 2.05) is 0 Å². The Morgan fingerprint density at radius 2 is 2.07 bits per heavy atom. The van der Waals surface area contributed by atoms with Gasteiger partial charge in [0.2, 0.25) is 0 Å². The van der Waals surface area contributed by atoms with Crippen molar-refractivity contribution in [2.24, 2.45) is 5.29 Å². The Hall–Kier alpha value is -1.97. The molecule has 0 unspecified atom stereocenters. The Bertz CT molecular complexity index is 335. The molecule has 1 amide bonds. The number of hydrogen-bond donors (Lipinski definition) is 0. The fourth-order valence-electron chi connectivity index (χ4n) is 1.01. The molecule has 0 spiro atoms. The summed E-state index contributed by atoms with van der Waals surface area (Å²) in [5.41, 5.74) is 0.439. The lowest BCUT2D eigenvalue weighted by molar-refractivity contribution is 0.0776. The largest absolute Gasteiger partial charge is 0.276 e. The van der Waals surface area contributed by atoms with Gasteiger partial charge in [0, 0.05) is 5.56 Å². The second-order valence-corrected chi connectivity index (χ2v) is 2.62. The van der Waals surface area contributed by atoms with E-state index in [0.717, 1.165) is 5.01 Å². The number of carbonyl (C=O) groups excluding carboxylic acids is 1. The summed E-state index contributed by atoms with van der Waals surface area (Å²) in [5, 5.41) is 3.44. The molecule has 0 aliphatic rings. The molecule has 0 aliphatic heterocycles. The summed E-state index contributed by atoms with van der Waals surface area (Å²) in [6.07, 6.45) is 1.45. The zero-order chi connectivity index (χ0) is 10.4. The topological polar surface area (TPSA) is 49.7 Å². The average Bonchev–Trinajstić information content (AvgIpc) is 2.26. The van der Waals surface area contributed by atoms with Crippen LogP contribution in [0.4, 0.5) is 0 Å². The van der Waals surface area contributed by atoms with Gasteiger partial charge >= 0.3 is 0 Å². The number of benzene rings is 1. The van der Waals surface area contributed by atoms with Gasteiger partial charge in [-0.25, -0.2) is 0 Å². The van der Waals surface area contributed by atoms with Crippen molar-refractivity contribution in [3.63, 3.8) is 0 Å². The maximum atomic E-state index is 11.6. The van der Waals surface area contributed by atoms with E-state index in [-0.39, 0.29) is 6.54 Å². The van der Waals surface area contributed by atoms with Crippen LogP contribution in [0.2, 0.25) is 0 Å². The van der Waals surface area contributed by atoms with Crippen LogP contribution in [0.15, 0.2) is 48.3 Å². The van der Waals surface area contributed by atoms with Crippen molar-refractivity contribution in [1.29, 1.82) is 0 Å². The van der Waals surface area contributed by atoms with Crippen molar-refractivity contribution < 1.29 is 4.79 Å².